The minimum Gasteiger partial charge on any atom is -0.548 e. The van der Waals surface area contributed by atoms with E-state index in [4.69, 9.17) is 0 Å². The van der Waals surface area contributed by atoms with Crippen molar-refractivity contribution in [2.75, 3.05) is 5.75 Å². The number of hydrogen-bond acceptors (Lipinski definition) is 5. The van der Waals surface area contributed by atoms with Gasteiger partial charge in [-0.2, -0.15) is 0 Å². The van der Waals surface area contributed by atoms with Crippen LogP contribution in [0.1, 0.15) is 6.92 Å². The third-order valence-electron chi connectivity index (χ3n) is 1.21. The second-order valence-electron chi connectivity index (χ2n) is 2.26. The molecule has 0 fully saturated rings. The standard InChI is InChI=1S/C6H8N2O3S/c1-3(9)7-6-8-4(2-12-6)5(10)11/h4H,2H2,1H3,(H,10,11)(H,7,8,9)/p-1/t4-/m0/s1. The summed E-state index contributed by atoms with van der Waals surface area (Å²) in [4.78, 5) is 24.5. The molecule has 0 saturated heterocycles. The third-order valence-corrected chi connectivity index (χ3v) is 2.17. The second-order valence-corrected chi connectivity index (χ2v) is 3.27. The highest BCUT2D eigenvalue weighted by molar-refractivity contribution is 8.14. The molecule has 0 saturated carbocycles. The first-order valence-corrected chi connectivity index (χ1v) is 4.27. The summed E-state index contributed by atoms with van der Waals surface area (Å²) in [7, 11) is 0. The van der Waals surface area contributed by atoms with Crippen LogP contribution in [-0.2, 0) is 9.59 Å². The van der Waals surface area contributed by atoms with E-state index in [0.29, 0.717) is 10.9 Å². The van der Waals surface area contributed by atoms with E-state index in [0.717, 1.165) is 0 Å². The molecule has 1 atom stereocenters. The average Bonchev–Trinajstić information content (AvgIpc) is 2.34. The predicted octanol–water partition coefficient (Wildman–Crippen LogP) is -1.66. The fourth-order valence-corrected chi connectivity index (χ4v) is 1.66. The number of amides is 1. The van der Waals surface area contributed by atoms with Crippen molar-refractivity contribution in [2.45, 2.75) is 13.0 Å². The van der Waals surface area contributed by atoms with Gasteiger partial charge < -0.3 is 15.2 Å². The van der Waals surface area contributed by atoms with Gasteiger partial charge in [0.15, 0.2) is 5.17 Å². The molecule has 0 aromatic heterocycles. The molecule has 0 aliphatic carbocycles. The van der Waals surface area contributed by atoms with Crippen molar-refractivity contribution < 1.29 is 14.7 Å². The van der Waals surface area contributed by atoms with E-state index in [2.05, 4.69) is 10.3 Å². The Labute approximate surface area is 73.2 Å². The molecule has 1 aliphatic heterocycles. The molecule has 5 nitrogen and oxygen atoms in total. The van der Waals surface area contributed by atoms with E-state index < -0.39 is 12.0 Å². The Morgan fingerprint density at radius 3 is 2.83 bits per heavy atom. The molecule has 1 amide bonds. The summed E-state index contributed by atoms with van der Waals surface area (Å²) in [6.07, 6.45) is 0. The van der Waals surface area contributed by atoms with Gasteiger partial charge in [0.2, 0.25) is 5.91 Å². The lowest BCUT2D eigenvalue weighted by molar-refractivity contribution is -0.306. The van der Waals surface area contributed by atoms with Gasteiger partial charge in [-0.15, -0.1) is 0 Å². The maximum absolute atomic E-state index is 10.5. The summed E-state index contributed by atoms with van der Waals surface area (Å²) >= 11 is 1.20. The van der Waals surface area contributed by atoms with Gasteiger partial charge in [-0.3, -0.25) is 9.79 Å². The number of thioether (sulfide) groups is 1. The Kier molecular flexibility index (Phi) is 2.69. The zero-order valence-electron chi connectivity index (χ0n) is 6.36. The van der Waals surface area contributed by atoms with Crippen LogP contribution < -0.4 is 10.4 Å². The molecule has 1 rings (SSSR count). The average molecular weight is 187 g/mol. The Morgan fingerprint density at radius 1 is 1.75 bits per heavy atom. The first-order valence-electron chi connectivity index (χ1n) is 3.28. The van der Waals surface area contributed by atoms with E-state index in [-0.39, 0.29) is 5.91 Å². The van der Waals surface area contributed by atoms with Crippen LogP contribution in [0.4, 0.5) is 0 Å². The minimum absolute atomic E-state index is 0.250. The van der Waals surface area contributed by atoms with Crippen LogP contribution in [0.2, 0.25) is 0 Å². The summed E-state index contributed by atoms with van der Waals surface area (Å²) in [5, 5.41) is 13.1. The molecule has 0 bridgehead atoms. The minimum atomic E-state index is -1.21. The van der Waals surface area contributed by atoms with Crippen LogP contribution in [-0.4, -0.2) is 28.8 Å². The maximum Gasteiger partial charge on any atom is 0.222 e. The number of rotatable bonds is 1. The number of carbonyl (C=O) groups is 2. The molecule has 0 aromatic rings. The van der Waals surface area contributed by atoms with Crippen LogP contribution >= 0.6 is 11.8 Å². The summed E-state index contributed by atoms with van der Waals surface area (Å²) in [6, 6.07) is -0.822. The highest BCUT2D eigenvalue weighted by Gasteiger charge is 2.19. The van der Waals surface area contributed by atoms with Gasteiger partial charge in [0.25, 0.3) is 0 Å². The number of nitrogens with one attached hydrogen (secondary N) is 1. The fourth-order valence-electron chi connectivity index (χ4n) is 0.714. The smallest absolute Gasteiger partial charge is 0.222 e. The topological polar surface area (TPSA) is 81.6 Å². The van der Waals surface area contributed by atoms with Crippen LogP contribution in [0.25, 0.3) is 0 Å². The number of carbonyl (C=O) groups excluding carboxylic acids is 2. The van der Waals surface area contributed by atoms with Gasteiger partial charge in [0.1, 0.15) is 6.04 Å². The van der Waals surface area contributed by atoms with Crippen molar-refractivity contribution in [3.8, 4) is 0 Å². The van der Waals surface area contributed by atoms with Crippen molar-refractivity contribution >= 4 is 28.8 Å². The molecule has 0 radical (unpaired) electrons. The summed E-state index contributed by atoms with van der Waals surface area (Å²) < 4.78 is 0. The summed E-state index contributed by atoms with van der Waals surface area (Å²) in [6.45, 7) is 1.34. The zero-order valence-corrected chi connectivity index (χ0v) is 7.18. The van der Waals surface area contributed by atoms with Crippen LogP contribution in [0.5, 0.6) is 0 Å². The third kappa shape index (κ3) is 2.23. The lowest BCUT2D eigenvalue weighted by atomic mass is 10.4. The van der Waals surface area contributed by atoms with Crippen LogP contribution in [0.15, 0.2) is 4.99 Å². The molecule has 1 aliphatic rings. The van der Waals surface area contributed by atoms with Crippen LogP contribution in [0, 0.1) is 0 Å². The molecule has 66 valence electrons. The van der Waals surface area contributed by atoms with Crippen LogP contribution in [0.3, 0.4) is 0 Å². The van der Waals surface area contributed by atoms with E-state index in [1.807, 2.05) is 0 Å². The monoisotopic (exact) mass is 187 g/mol. The van der Waals surface area contributed by atoms with E-state index in [1.165, 1.54) is 18.7 Å². The summed E-state index contributed by atoms with van der Waals surface area (Å²) in [5.41, 5.74) is 0. The number of carboxylic acids is 1. The molecule has 6 heteroatoms. The first kappa shape index (κ1) is 9.05. The Bertz CT molecular complexity index is 251. The van der Waals surface area contributed by atoms with Gasteiger partial charge in [-0.1, -0.05) is 11.8 Å². The number of hydrogen-bond donors (Lipinski definition) is 1. The van der Waals surface area contributed by atoms with E-state index in [9.17, 15) is 14.7 Å². The molecule has 1 N–H and O–H groups in total. The summed E-state index contributed by atoms with van der Waals surface area (Å²) in [5.74, 6) is -1.12. The quantitative estimate of drug-likeness (QED) is 0.533. The molecule has 0 aromatic carbocycles. The zero-order chi connectivity index (χ0) is 9.14. The van der Waals surface area contributed by atoms with Crippen molar-refractivity contribution in [1.82, 2.24) is 5.32 Å². The molecule has 0 unspecified atom stereocenters. The number of amidine groups is 1. The number of carboxylic acid groups (broad SMARTS) is 1. The SMILES string of the molecule is CC(=O)NC1=N[C@H](C(=O)[O-])CS1. The Morgan fingerprint density at radius 2 is 2.42 bits per heavy atom. The lowest BCUT2D eigenvalue weighted by Crippen LogP contribution is -2.34. The molecule has 0 spiro atoms. The van der Waals surface area contributed by atoms with E-state index >= 15 is 0 Å². The van der Waals surface area contributed by atoms with Crippen molar-refractivity contribution in [3.05, 3.63) is 0 Å². The second kappa shape index (κ2) is 3.57. The molecular formula is C6H7N2O3S-. The fraction of sp³-hybridized carbons (Fsp3) is 0.500. The van der Waals surface area contributed by atoms with Gasteiger partial charge >= 0.3 is 0 Å². The Balaban J connectivity index is 2.54. The Hall–Kier alpha value is -1.04. The largest absolute Gasteiger partial charge is 0.548 e. The van der Waals surface area contributed by atoms with Gasteiger partial charge in [0, 0.05) is 12.7 Å². The van der Waals surface area contributed by atoms with Crippen molar-refractivity contribution in [2.24, 2.45) is 4.99 Å². The van der Waals surface area contributed by atoms with Crippen molar-refractivity contribution in [3.63, 3.8) is 0 Å². The molecular weight excluding hydrogens is 180 g/mol. The highest BCUT2D eigenvalue weighted by atomic mass is 32.2. The van der Waals surface area contributed by atoms with Gasteiger partial charge in [-0.05, 0) is 0 Å². The first-order chi connectivity index (χ1) is 5.59. The van der Waals surface area contributed by atoms with Gasteiger partial charge in [0.05, 0.1) is 5.97 Å². The maximum atomic E-state index is 10.5. The number of aliphatic imine (C=N–C) groups is 1. The normalized spacial score (nSPS) is 21.8. The lowest BCUT2D eigenvalue weighted by Gasteiger charge is -2.03. The predicted molar refractivity (Wildman–Crippen MR) is 42.5 cm³/mol. The molecule has 12 heavy (non-hydrogen) atoms. The van der Waals surface area contributed by atoms with Gasteiger partial charge in [-0.25, -0.2) is 0 Å². The number of nitrogens with zero attached hydrogens (tertiary/aromatic N) is 1. The highest BCUT2D eigenvalue weighted by Crippen LogP contribution is 2.15. The molecule has 1 heterocycles. The number of aliphatic carboxylic acids is 1. The van der Waals surface area contributed by atoms with Crippen molar-refractivity contribution in [1.29, 1.82) is 0 Å². The van der Waals surface area contributed by atoms with E-state index in [1.54, 1.807) is 0 Å².